The van der Waals surface area contributed by atoms with Crippen LogP contribution < -0.4 is 18.9 Å². The van der Waals surface area contributed by atoms with E-state index >= 15 is 0 Å². The zero-order chi connectivity index (χ0) is 17.9. The average molecular weight is 353 g/mol. The third kappa shape index (κ3) is 3.67. The van der Waals surface area contributed by atoms with Crippen LogP contribution in [0.1, 0.15) is 20.8 Å². The molecule has 24 heavy (non-hydrogen) atoms. The second kappa shape index (κ2) is 7.62. The highest BCUT2D eigenvalue weighted by Crippen LogP contribution is 2.51. The van der Waals surface area contributed by atoms with Gasteiger partial charge in [-0.3, -0.25) is 4.79 Å². The predicted molar refractivity (Wildman–Crippen MR) is 93.7 cm³/mol. The summed E-state index contributed by atoms with van der Waals surface area (Å²) in [5, 5.41) is 1.86. The Kier molecular flexibility index (Phi) is 5.78. The molecule has 0 saturated carbocycles. The van der Waals surface area contributed by atoms with Crippen LogP contribution in [0.2, 0.25) is 5.02 Å². The molecule has 6 heteroatoms. The van der Waals surface area contributed by atoms with Gasteiger partial charge in [0, 0.05) is 22.7 Å². The van der Waals surface area contributed by atoms with Gasteiger partial charge in [-0.1, -0.05) is 25.4 Å². The van der Waals surface area contributed by atoms with Crippen molar-refractivity contribution in [1.82, 2.24) is 0 Å². The van der Waals surface area contributed by atoms with Crippen LogP contribution in [0.3, 0.4) is 0 Å². The number of hydrogen-bond acceptors (Lipinski definition) is 5. The fourth-order valence-electron chi connectivity index (χ4n) is 2.36. The van der Waals surface area contributed by atoms with E-state index in [9.17, 15) is 4.79 Å². The molecule has 0 saturated heterocycles. The summed E-state index contributed by atoms with van der Waals surface area (Å²) in [5.74, 6) is 1.33. The fourth-order valence-corrected chi connectivity index (χ4v) is 2.53. The summed E-state index contributed by atoms with van der Waals surface area (Å²) in [5.41, 5.74) is 0. The zero-order valence-electron chi connectivity index (χ0n) is 14.4. The van der Waals surface area contributed by atoms with Gasteiger partial charge >= 0.3 is 5.97 Å². The molecule has 2 rings (SSSR count). The minimum Gasteiger partial charge on any atom is -0.490 e. The molecule has 0 fully saturated rings. The summed E-state index contributed by atoms with van der Waals surface area (Å²) < 4.78 is 22.3. The minimum atomic E-state index is -0.465. The molecule has 0 spiro atoms. The molecule has 0 amide bonds. The van der Waals surface area contributed by atoms with Crippen molar-refractivity contribution >= 4 is 28.3 Å². The van der Waals surface area contributed by atoms with Gasteiger partial charge in [-0.2, -0.15) is 0 Å². The SMILES string of the molecule is COc1c(OC)c(OC(C)=O)c2cc(Cl)ccc2c1OCC(C)C. The van der Waals surface area contributed by atoms with Crippen molar-refractivity contribution in [3.63, 3.8) is 0 Å². The molecule has 0 heterocycles. The quantitative estimate of drug-likeness (QED) is 0.567. The van der Waals surface area contributed by atoms with Gasteiger partial charge in [0.25, 0.3) is 0 Å². The lowest BCUT2D eigenvalue weighted by atomic mass is 10.1. The van der Waals surface area contributed by atoms with Crippen LogP contribution in [0.5, 0.6) is 23.0 Å². The first kappa shape index (κ1) is 18.2. The van der Waals surface area contributed by atoms with Crippen molar-refractivity contribution in [2.24, 2.45) is 5.92 Å². The number of esters is 1. The topological polar surface area (TPSA) is 54.0 Å². The Bertz CT molecular complexity index is 755. The lowest BCUT2D eigenvalue weighted by Crippen LogP contribution is -2.09. The van der Waals surface area contributed by atoms with Gasteiger partial charge < -0.3 is 18.9 Å². The smallest absolute Gasteiger partial charge is 0.308 e. The molecule has 0 aromatic heterocycles. The Morgan fingerprint density at radius 2 is 1.67 bits per heavy atom. The highest BCUT2D eigenvalue weighted by atomic mass is 35.5. The zero-order valence-corrected chi connectivity index (χ0v) is 15.2. The summed E-state index contributed by atoms with van der Waals surface area (Å²) in [6.07, 6.45) is 0. The van der Waals surface area contributed by atoms with E-state index in [2.05, 4.69) is 13.8 Å². The second-order valence-corrected chi connectivity index (χ2v) is 6.15. The normalized spacial score (nSPS) is 10.8. The first-order valence-corrected chi connectivity index (χ1v) is 7.95. The Balaban J connectivity index is 2.81. The number of carbonyl (C=O) groups is 1. The third-order valence-electron chi connectivity index (χ3n) is 3.30. The van der Waals surface area contributed by atoms with E-state index in [-0.39, 0.29) is 5.75 Å². The highest BCUT2D eigenvalue weighted by Gasteiger charge is 2.25. The van der Waals surface area contributed by atoms with Crippen LogP contribution in [0.4, 0.5) is 0 Å². The van der Waals surface area contributed by atoms with Crippen molar-refractivity contribution in [2.75, 3.05) is 20.8 Å². The number of benzene rings is 2. The molecule has 0 bridgehead atoms. The van der Waals surface area contributed by atoms with Crippen LogP contribution in [0, 0.1) is 5.92 Å². The number of carbonyl (C=O) groups excluding carboxylic acids is 1. The molecule has 0 radical (unpaired) electrons. The van der Waals surface area contributed by atoms with E-state index in [4.69, 9.17) is 30.5 Å². The second-order valence-electron chi connectivity index (χ2n) is 5.71. The molecule has 0 aliphatic rings. The van der Waals surface area contributed by atoms with Crippen LogP contribution in [-0.4, -0.2) is 26.8 Å². The number of ether oxygens (including phenoxy) is 4. The Hall–Kier alpha value is -2.14. The summed E-state index contributed by atoms with van der Waals surface area (Å²) >= 11 is 6.12. The van der Waals surface area contributed by atoms with Gasteiger partial charge in [0.05, 0.1) is 20.8 Å². The van der Waals surface area contributed by atoms with Crippen molar-refractivity contribution in [2.45, 2.75) is 20.8 Å². The Labute approximate surface area is 146 Å². The molecular weight excluding hydrogens is 332 g/mol. The number of methoxy groups -OCH3 is 2. The summed E-state index contributed by atoms with van der Waals surface area (Å²) in [6, 6.07) is 5.26. The maximum absolute atomic E-state index is 11.5. The molecule has 0 aliphatic heterocycles. The van der Waals surface area contributed by atoms with E-state index in [0.29, 0.717) is 40.2 Å². The number of rotatable bonds is 6. The third-order valence-corrected chi connectivity index (χ3v) is 3.54. The van der Waals surface area contributed by atoms with Crippen LogP contribution in [0.15, 0.2) is 18.2 Å². The van der Waals surface area contributed by atoms with Crippen molar-refractivity contribution in [3.8, 4) is 23.0 Å². The fraction of sp³-hybridized carbons (Fsp3) is 0.389. The van der Waals surface area contributed by atoms with Crippen LogP contribution in [0.25, 0.3) is 10.8 Å². The van der Waals surface area contributed by atoms with E-state index in [0.717, 1.165) is 5.39 Å². The molecular formula is C18H21ClO5. The van der Waals surface area contributed by atoms with Gasteiger partial charge in [0.1, 0.15) is 0 Å². The molecule has 0 aliphatic carbocycles. The maximum atomic E-state index is 11.5. The highest BCUT2D eigenvalue weighted by molar-refractivity contribution is 6.31. The molecule has 2 aromatic carbocycles. The molecule has 0 unspecified atom stereocenters. The average Bonchev–Trinajstić information content (AvgIpc) is 2.52. The van der Waals surface area contributed by atoms with Crippen LogP contribution >= 0.6 is 11.6 Å². The lowest BCUT2D eigenvalue weighted by molar-refractivity contribution is -0.131. The van der Waals surface area contributed by atoms with E-state index in [1.54, 1.807) is 12.1 Å². The molecule has 0 atom stereocenters. The predicted octanol–water partition coefficient (Wildman–Crippen LogP) is 4.47. The first-order chi connectivity index (χ1) is 11.4. The van der Waals surface area contributed by atoms with Gasteiger partial charge in [-0.05, 0) is 24.1 Å². The Morgan fingerprint density at radius 1 is 1.04 bits per heavy atom. The molecule has 130 valence electrons. The largest absolute Gasteiger partial charge is 0.490 e. The van der Waals surface area contributed by atoms with Gasteiger partial charge in [-0.15, -0.1) is 0 Å². The van der Waals surface area contributed by atoms with Crippen molar-refractivity contribution in [3.05, 3.63) is 23.2 Å². The number of halogens is 1. The lowest BCUT2D eigenvalue weighted by Gasteiger charge is -2.20. The number of hydrogen-bond donors (Lipinski definition) is 0. The van der Waals surface area contributed by atoms with Gasteiger partial charge in [0.2, 0.25) is 11.5 Å². The van der Waals surface area contributed by atoms with E-state index in [1.807, 2.05) is 6.07 Å². The minimum absolute atomic E-state index is 0.260. The van der Waals surface area contributed by atoms with Gasteiger partial charge in [-0.25, -0.2) is 0 Å². The summed E-state index contributed by atoms with van der Waals surface area (Å²) in [7, 11) is 2.99. The van der Waals surface area contributed by atoms with Gasteiger partial charge in [0.15, 0.2) is 11.5 Å². The number of fused-ring (bicyclic) bond motifs is 1. The van der Waals surface area contributed by atoms with Crippen molar-refractivity contribution < 1.29 is 23.7 Å². The maximum Gasteiger partial charge on any atom is 0.308 e. The first-order valence-electron chi connectivity index (χ1n) is 7.57. The molecule has 2 aromatic rings. The van der Waals surface area contributed by atoms with Crippen molar-refractivity contribution in [1.29, 1.82) is 0 Å². The van der Waals surface area contributed by atoms with Crippen LogP contribution in [-0.2, 0) is 4.79 Å². The Morgan fingerprint density at radius 3 is 2.21 bits per heavy atom. The summed E-state index contributed by atoms with van der Waals surface area (Å²) in [4.78, 5) is 11.5. The standard InChI is InChI=1S/C18H21ClO5/c1-10(2)9-23-15-13-7-6-12(19)8-14(13)16(24-11(3)20)18(22-5)17(15)21-4/h6-8,10H,9H2,1-5H3. The molecule has 0 N–H and O–H groups in total. The van der Waals surface area contributed by atoms with E-state index in [1.165, 1.54) is 21.1 Å². The van der Waals surface area contributed by atoms with E-state index < -0.39 is 5.97 Å². The molecule has 5 nitrogen and oxygen atoms in total. The summed E-state index contributed by atoms with van der Waals surface area (Å²) in [6.45, 7) is 5.93. The monoisotopic (exact) mass is 352 g/mol.